The van der Waals surface area contributed by atoms with Crippen LogP contribution < -0.4 is 0 Å². The van der Waals surface area contributed by atoms with Gasteiger partial charge in [-0.2, -0.15) is 8.42 Å². The molecule has 3 aromatic rings. The topological polar surface area (TPSA) is 94.8 Å². The van der Waals surface area contributed by atoms with Crippen molar-refractivity contribution in [3.05, 3.63) is 118 Å². The van der Waals surface area contributed by atoms with Gasteiger partial charge in [0.15, 0.2) is 5.76 Å². The summed E-state index contributed by atoms with van der Waals surface area (Å²) in [6.07, 6.45) is 10.0. The maximum atomic E-state index is 13.8. The highest BCUT2D eigenvalue weighted by molar-refractivity contribution is 7.93. The van der Waals surface area contributed by atoms with Crippen LogP contribution in [0.3, 0.4) is 0 Å². The van der Waals surface area contributed by atoms with Crippen LogP contribution in [0.2, 0.25) is 5.02 Å². The molecule has 1 N–H and O–H groups in total. The van der Waals surface area contributed by atoms with E-state index in [9.17, 15) is 13.2 Å². The van der Waals surface area contributed by atoms with Crippen LogP contribution in [0.1, 0.15) is 34.5 Å². The molecule has 5 rings (SSSR count). The number of aromatic carboxylic acids is 1. The smallest absolute Gasteiger partial charge is 0.335 e. The monoisotopic (exact) mass is 509 g/mol. The van der Waals surface area contributed by atoms with Crippen molar-refractivity contribution in [2.45, 2.75) is 19.3 Å². The molecule has 1 aromatic heterocycles. The van der Waals surface area contributed by atoms with Crippen LogP contribution in [0.25, 0.3) is 10.9 Å². The Balaban J connectivity index is 1.55. The summed E-state index contributed by atoms with van der Waals surface area (Å²) in [6.45, 7) is 0. The van der Waals surface area contributed by atoms with Crippen LogP contribution in [0, 0.1) is 0 Å². The number of fused-ring (bicyclic) bond motifs is 1. The third kappa shape index (κ3) is 4.50. The molecular weight excluding hydrogens is 490 g/mol. The van der Waals surface area contributed by atoms with Gasteiger partial charge in [-0.05, 0) is 60.4 Å². The van der Waals surface area contributed by atoms with Crippen molar-refractivity contribution in [3.63, 3.8) is 0 Å². The van der Waals surface area contributed by atoms with Crippen molar-refractivity contribution in [3.8, 4) is 0 Å². The average Bonchev–Trinajstić information content (AvgIpc) is 3.22. The molecule has 7 nitrogen and oxygen atoms in total. The number of carboxylic acids is 1. The van der Waals surface area contributed by atoms with Gasteiger partial charge in [0.05, 0.1) is 11.1 Å². The van der Waals surface area contributed by atoms with Gasteiger partial charge in [0.25, 0.3) is 5.09 Å². The molecule has 1 aliphatic heterocycles. The lowest BCUT2D eigenvalue weighted by atomic mass is 10.0. The molecule has 2 aliphatic rings. The largest absolute Gasteiger partial charge is 0.478 e. The van der Waals surface area contributed by atoms with Crippen LogP contribution in [-0.4, -0.2) is 23.5 Å². The van der Waals surface area contributed by atoms with Crippen molar-refractivity contribution in [2.24, 2.45) is 0 Å². The lowest BCUT2D eigenvalue weighted by molar-refractivity contribution is 0.0697. The van der Waals surface area contributed by atoms with Gasteiger partial charge in [0.2, 0.25) is 0 Å². The third-order valence-corrected chi connectivity index (χ3v) is 7.59. The Hall–Kier alpha value is -3.75. The van der Waals surface area contributed by atoms with E-state index in [1.165, 1.54) is 22.4 Å². The first-order valence-electron chi connectivity index (χ1n) is 10.8. The Morgan fingerprint density at radius 3 is 2.60 bits per heavy atom. The number of carboxylic acid groups (broad SMARTS) is 1. The fourth-order valence-electron chi connectivity index (χ4n) is 4.06. The number of nitrogens with zero attached hydrogens (tertiary/aromatic N) is 1. The van der Waals surface area contributed by atoms with Gasteiger partial charge in [-0.15, -0.1) is 0 Å². The minimum absolute atomic E-state index is 0.151. The molecule has 0 bridgehead atoms. The zero-order valence-corrected chi connectivity index (χ0v) is 19.9. The number of rotatable bonds is 6. The number of hydrogen-bond acceptors (Lipinski definition) is 5. The summed E-state index contributed by atoms with van der Waals surface area (Å²) in [5, 5.41) is 9.94. The highest BCUT2D eigenvalue weighted by Gasteiger charge is 2.31. The Morgan fingerprint density at radius 2 is 1.89 bits per heavy atom. The van der Waals surface area contributed by atoms with E-state index in [1.807, 2.05) is 18.2 Å². The number of allylic oxidation sites excluding steroid dienone is 4. The third-order valence-electron chi connectivity index (χ3n) is 5.75. The second-order valence-electron chi connectivity index (χ2n) is 8.10. The second-order valence-corrected chi connectivity index (χ2v) is 10.3. The minimum atomic E-state index is -4.19. The predicted octanol–water partition coefficient (Wildman–Crippen LogP) is 5.73. The Kier molecular flexibility index (Phi) is 6.00. The molecular formula is C26H20ClNO6S. The summed E-state index contributed by atoms with van der Waals surface area (Å²) >= 11 is 6.17. The van der Waals surface area contributed by atoms with Crippen LogP contribution in [0.5, 0.6) is 0 Å². The van der Waals surface area contributed by atoms with E-state index < -0.39 is 16.0 Å². The molecule has 0 radical (unpaired) electrons. The average molecular weight is 510 g/mol. The summed E-state index contributed by atoms with van der Waals surface area (Å²) in [7, 11) is -4.19. The SMILES string of the molecule is O=C(O)c1ccc(Cc2cc3cc(Cl)ccc3n2S(=O)(=O)C2=COC=C(C3=CC=CCC3)O2)cc1. The molecule has 0 unspecified atom stereocenters. The van der Waals surface area contributed by atoms with E-state index in [2.05, 4.69) is 0 Å². The maximum absolute atomic E-state index is 13.8. The molecule has 35 heavy (non-hydrogen) atoms. The van der Waals surface area contributed by atoms with Gasteiger partial charge in [0, 0.05) is 22.5 Å². The first-order chi connectivity index (χ1) is 16.8. The van der Waals surface area contributed by atoms with Crippen LogP contribution in [0.4, 0.5) is 0 Å². The molecule has 2 aromatic carbocycles. The fourth-order valence-corrected chi connectivity index (χ4v) is 5.64. The predicted molar refractivity (Wildman–Crippen MR) is 132 cm³/mol. The normalized spacial score (nSPS) is 15.6. The summed E-state index contributed by atoms with van der Waals surface area (Å²) in [5.41, 5.74) is 2.64. The van der Waals surface area contributed by atoms with E-state index in [1.54, 1.807) is 36.4 Å². The lowest BCUT2D eigenvalue weighted by Gasteiger charge is -2.21. The Morgan fingerprint density at radius 1 is 1.09 bits per heavy atom. The molecule has 9 heteroatoms. The number of benzene rings is 2. The first kappa shape index (κ1) is 23.0. The van der Waals surface area contributed by atoms with Crippen LogP contribution in [-0.2, 0) is 25.9 Å². The van der Waals surface area contributed by atoms with E-state index >= 15 is 0 Å². The van der Waals surface area contributed by atoms with Gasteiger partial charge in [-0.1, -0.05) is 42.0 Å². The zero-order chi connectivity index (χ0) is 24.6. The van der Waals surface area contributed by atoms with Gasteiger partial charge in [0.1, 0.15) is 12.5 Å². The summed E-state index contributed by atoms with van der Waals surface area (Å²) in [6, 6.07) is 13.0. The lowest BCUT2D eigenvalue weighted by Crippen LogP contribution is -2.21. The van der Waals surface area contributed by atoms with Crippen LogP contribution >= 0.6 is 11.6 Å². The van der Waals surface area contributed by atoms with Crippen molar-refractivity contribution in [1.29, 1.82) is 0 Å². The number of carbonyl (C=O) groups is 1. The summed E-state index contributed by atoms with van der Waals surface area (Å²) < 4.78 is 40.1. The van der Waals surface area contributed by atoms with Gasteiger partial charge >= 0.3 is 16.0 Å². The Labute approximate surface area is 206 Å². The van der Waals surface area contributed by atoms with Gasteiger partial charge in [-0.3, -0.25) is 0 Å². The molecule has 1 aliphatic carbocycles. The molecule has 0 saturated carbocycles. The van der Waals surface area contributed by atoms with E-state index in [0.717, 1.165) is 23.8 Å². The molecule has 178 valence electrons. The van der Waals surface area contributed by atoms with E-state index in [4.69, 9.17) is 26.2 Å². The Bertz CT molecular complexity index is 1560. The maximum Gasteiger partial charge on any atom is 0.335 e. The van der Waals surface area contributed by atoms with Gasteiger partial charge < -0.3 is 14.6 Å². The van der Waals surface area contributed by atoms with Crippen molar-refractivity contribution in [2.75, 3.05) is 0 Å². The quantitative estimate of drug-likeness (QED) is 0.456. The molecule has 2 heterocycles. The second kappa shape index (κ2) is 9.13. The molecule has 0 saturated heterocycles. The standard InChI is InChI=1S/C26H20ClNO6S/c27-21-10-11-23-20(13-21)14-22(12-17-6-8-19(9-7-17)26(29)30)28(23)35(31,32)25-16-33-15-24(34-25)18-4-2-1-3-5-18/h1-2,4,6-11,13-16H,3,5,12H2,(H,29,30). The van der Waals surface area contributed by atoms with E-state index in [-0.39, 0.29) is 17.1 Å². The minimum Gasteiger partial charge on any atom is -0.478 e. The van der Waals surface area contributed by atoms with Gasteiger partial charge in [-0.25, -0.2) is 8.77 Å². The number of halogens is 1. The molecule has 0 spiro atoms. The molecule has 0 atom stereocenters. The van der Waals surface area contributed by atoms with Crippen LogP contribution in [0.15, 0.2) is 95.7 Å². The fraction of sp³-hybridized carbons (Fsp3) is 0.115. The zero-order valence-electron chi connectivity index (χ0n) is 18.3. The summed E-state index contributed by atoms with van der Waals surface area (Å²) in [5.74, 6) is -0.683. The molecule has 0 fully saturated rings. The number of hydrogen-bond donors (Lipinski definition) is 1. The summed E-state index contributed by atoms with van der Waals surface area (Å²) in [4.78, 5) is 11.2. The van der Waals surface area contributed by atoms with Crippen molar-refractivity contribution in [1.82, 2.24) is 3.97 Å². The highest BCUT2D eigenvalue weighted by atomic mass is 35.5. The van der Waals surface area contributed by atoms with Crippen molar-refractivity contribution >= 4 is 38.5 Å². The first-order valence-corrected chi connectivity index (χ1v) is 12.6. The number of ether oxygens (including phenoxy) is 2. The molecule has 0 amide bonds. The highest BCUT2D eigenvalue weighted by Crippen LogP contribution is 2.33. The van der Waals surface area contributed by atoms with Crippen molar-refractivity contribution < 1.29 is 27.8 Å². The van der Waals surface area contributed by atoms with E-state index in [0.29, 0.717) is 33.8 Å². The number of aromatic nitrogens is 1.